The molecule has 0 aliphatic carbocycles. The molecule has 0 saturated heterocycles. The Hall–Kier alpha value is -4.38. The van der Waals surface area contributed by atoms with Crippen molar-refractivity contribution in [1.82, 2.24) is 16.0 Å². The van der Waals surface area contributed by atoms with Gasteiger partial charge in [-0.05, 0) is 64.0 Å². The van der Waals surface area contributed by atoms with Gasteiger partial charge in [0.05, 0.1) is 17.7 Å². The Morgan fingerprint density at radius 2 is 1.08 bits per heavy atom. The first-order valence-electron chi connectivity index (χ1n) is 22.1. The van der Waals surface area contributed by atoms with E-state index in [0.29, 0.717) is 31.4 Å². The number of benzene rings is 1. The Morgan fingerprint density at radius 3 is 1.56 bits per heavy atom. The van der Waals surface area contributed by atoms with Crippen molar-refractivity contribution in [3.05, 3.63) is 35.4 Å². The normalized spacial score (nSPS) is 12.8. The first kappa shape index (κ1) is 54.6. The summed E-state index contributed by atoms with van der Waals surface area (Å²) >= 11 is 0. The Balaban J connectivity index is 2.40. The Kier molecular flexibility index (Phi) is 29.0. The molecule has 4 amide bonds. The molecule has 0 aliphatic rings. The maximum Gasteiger partial charge on any atom is 0.306 e. The molecule has 0 radical (unpaired) electrons. The van der Waals surface area contributed by atoms with Crippen molar-refractivity contribution in [2.45, 2.75) is 180 Å². The third-order valence-corrected chi connectivity index (χ3v) is 11.4. The van der Waals surface area contributed by atoms with Gasteiger partial charge in [-0.3, -0.25) is 38.1 Å². The molecule has 0 fully saturated rings. The Labute approximate surface area is 362 Å². The highest BCUT2D eigenvalue weighted by Crippen LogP contribution is 2.17. The number of primary amides is 1. The minimum atomic E-state index is -4.49. The van der Waals surface area contributed by atoms with Gasteiger partial charge in [-0.25, -0.2) is 0 Å². The summed E-state index contributed by atoms with van der Waals surface area (Å²) in [5, 5.41) is 26.3. The molecule has 1 rings (SSSR count). The van der Waals surface area contributed by atoms with Crippen molar-refractivity contribution < 1.29 is 56.7 Å². The molecule has 16 nitrogen and oxygen atoms in total. The van der Waals surface area contributed by atoms with E-state index in [4.69, 9.17) is 10.8 Å². The van der Waals surface area contributed by atoms with Crippen molar-refractivity contribution in [2.24, 2.45) is 11.7 Å². The van der Waals surface area contributed by atoms with Gasteiger partial charge in [0, 0.05) is 37.8 Å². The summed E-state index contributed by atoms with van der Waals surface area (Å²) < 4.78 is 32.2. The number of nitrogens with one attached hydrogen (secondary N) is 3. The van der Waals surface area contributed by atoms with E-state index in [0.717, 1.165) is 63.4 Å². The van der Waals surface area contributed by atoms with Crippen molar-refractivity contribution in [3.8, 4) is 0 Å². The van der Waals surface area contributed by atoms with E-state index >= 15 is 0 Å². The maximum atomic E-state index is 13.2. The van der Waals surface area contributed by atoms with E-state index < -0.39 is 82.2 Å². The molecule has 0 aliphatic heterocycles. The number of hydrogen-bond donors (Lipinski definition) is 7. The molecule has 0 aromatic heterocycles. The molecule has 0 heterocycles. The number of unbranched alkanes of at least 4 members (excludes halogenated alkanes) is 16. The van der Waals surface area contributed by atoms with E-state index in [1.807, 2.05) is 19.1 Å². The third kappa shape index (κ3) is 29.5. The molecular weight excluding hydrogens is 809 g/mol. The van der Waals surface area contributed by atoms with Crippen LogP contribution in [0.1, 0.15) is 176 Å². The number of ketones is 1. The second-order valence-corrected chi connectivity index (χ2v) is 17.7. The number of aryl methyl sites for hydroxylation is 1. The van der Waals surface area contributed by atoms with Crippen LogP contribution in [0.4, 0.5) is 0 Å². The molecule has 1 aromatic rings. The van der Waals surface area contributed by atoms with Crippen molar-refractivity contribution in [2.75, 3.05) is 12.3 Å². The lowest BCUT2D eigenvalue weighted by molar-refractivity contribution is -0.144. The minimum absolute atomic E-state index is 0.0869. The molecule has 17 heteroatoms. The summed E-state index contributed by atoms with van der Waals surface area (Å²) in [6, 6.07) is 4.68. The number of Topliss-reactive ketones (excluding diaryl/α,β-unsaturated/α-hetero) is 1. The third-order valence-electron chi connectivity index (χ3n) is 10.6. The lowest BCUT2D eigenvalue weighted by Crippen LogP contribution is -2.45. The Morgan fingerprint density at radius 1 is 0.607 bits per heavy atom. The number of amides is 4. The fraction of sp³-hybridized carbons (Fsp3) is 0.705. The second-order valence-electron chi connectivity index (χ2n) is 16.1. The maximum absolute atomic E-state index is 13.2. The lowest BCUT2D eigenvalue weighted by atomic mass is 9.93. The minimum Gasteiger partial charge on any atom is -0.481 e. The number of carbonyl (C=O) groups is 7. The summed E-state index contributed by atoms with van der Waals surface area (Å²) in [5.74, 6) is -7.22. The van der Waals surface area contributed by atoms with Crippen LogP contribution < -0.4 is 21.7 Å². The average Bonchev–Trinajstić information content (AvgIpc) is 3.19. The Bertz CT molecular complexity index is 1600. The summed E-state index contributed by atoms with van der Waals surface area (Å²) in [6.45, 7) is 2.24. The van der Waals surface area contributed by atoms with E-state index in [9.17, 15) is 51.6 Å². The number of nitrogens with two attached hydrogens (primary N) is 1. The number of carbonyl (C=O) groups excluding carboxylic acids is 5. The molecule has 8 N–H and O–H groups in total. The van der Waals surface area contributed by atoms with Gasteiger partial charge in [0.15, 0.2) is 5.78 Å². The van der Waals surface area contributed by atoms with Crippen LogP contribution in [0.5, 0.6) is 0 Å². The number of aliphatic carboxylic acids is 2. The van der Waals surface area contributed by atoms with Gasteiger partial charge in [0.2, 0.25) is 17.7 Å². The second kappa shape index (κ2) is 32.3. The molecular formula is C44H72N4O12S. The number of carboxylic acid groups (broad SMARTS) is 2. The van der Waals surface area contributed by atoms with Gasteiger partial charge in [0.25, 0.3) is 16.0 Å². The van der Waals surface area contributed by atoms with Gasteiger partial charge < -0.3 is 31.9 Å². The van der Waals surface area contributed by atoms with Crippen molar-refractivity contribution >= 4 is 51.5 Å². The topological polar surface area (TPSA) is 276 Å². The summed E-state index contributed by atoms with van der Waals surface area (Å²) in [4.78, 5) is 85.6. The highest BCUT2D eigenvalue weighted by Gasteiger charge is 2.29. The predicted molar refractivity (Wildman–Crippen MR) is 232 cm³/mol. The monoisotopic (exact) mass is 880 g/mol. The van der Waals surface area contributed by atoms with Gasteiger partial charge in [0.1, 0.15) is 6.04 Å². The van der Waals surface area contributed by atoms with E-state index in [1.54, 1.807) is 12.1 Å². The average molecular weight is 881 g/mol. The van der Waals surface area contributed by atoms with Crippen LogP contribution in [0.2, 0.25) is 0 Å². The van der Waals surface area contributed by atoms with E-state index in [1.165, 1.54) is 38.5 Å². The van der Waals surface area contributed by atoms with Crippen LogP contribution in [-0.4, -0.2) is 88.9 Å². The van der Waals surface area contributed by atoms with Crippen LogP contribution >= 0.6 is 0 Å². The standard InChI is InChI=1S/C44H72N4O12S/c1-33-23-25-34(26-24-33)43(55)46-30-19-18-20-37(42(45)54)48-40(51)28-27-35(44(56)57)32-38(49)36(29-31-61(58,59)60)47-39(50)21-16-14-12-10-8-6-4-2-3-5-7-9-11-13-15-17-22-41(52)53/h23-26,35-37H,2-22,27-32H2,1H3,(H2,45,54)(H,46,55)(H,47,50)(H,48,51)(H,52,53)(H,56,57)(H,58,59,60)/t35-,36+,37+/m1/s1. The molecule has 0 bridgehead atoms. The first-order chi connectivity index (χ1) is 29.0. The largest absolute Gasteiger partial charge is 0.481 e. The number of hydrogen-bond acceptors (Lipinski definition) is 9. The highest BCUT2D eigenvalue weighted by atomic mass is 32.2. The number of rotatable bonds is 38. The molecule has 346 valence electrons. The lowest BCUT2D eigenvalue weighted by Gasteiger charge is -2.20. The molecule has 0 spiro atoms. The van der Waals surface area contributed by atoms with Crippen LogP contribution in [0, 0.1) is 12.8 Å². The summed E-state index contributed by atoms with van der Waals surface area (Å²) in [6.07, 6.45) is 16.6. The van der Waals surface area contributed by atoms with Gasteiger partial charge in [-0.2, -0.15) is 8.42 Å². The van der Waals surface area contributed by atoms with E-state index in [-0.39, 0.29) is 38.0 Å². The first-order valence-corrected chi connectivity index (χ1v) is 23.7. The fourth-order valence-corrected chi connectivity index (χ4v) is 7.45. The zero-order valence-electron chi connectivity index (χ0n) is 36.1. The van der Waals surface area contributed by atoms with Crippen molar-refractivity contribution in [1.29, 1.82) is 0 Å². The zero-order chi connectivity index (χ0) is 45.5. The van der Waals surface area contributed by atoms with E-state index in [2.05, 4.69) is 16.0 Å². The summed E-state index contributed by atoms with van der Waals surface area (Å²) in [5.41, 5.74) is 7.01. The summed E-state index contributed by atoms with van der Waals surface area (Å²) in [7, 11) is -4.49. The quantitative estimate of drug-likeness (QED) is 0.0290. The fourth-order valence-electron chi connectivity index (χ4n) is 6.92. The molecule has 61 heavy (non-hydrogen) atoms. The SMILES string of the molecule is Cc1ccc(C(=O)NCCCC[C@H](NC(=O)CC[C@H](CC(=O)[C@H](CCS(=O)(=O)O)NC(=O)CCCCCCCCCCCCCCCCCCC(=O)O)C(=O)O)C(N)=O)cc1. The van der Waals surface area contributed by atoms with Crippen LogP contribution in [-0.2, 0) is 38.9 Å². The highest BCUT2D eigenvalue weighted by molar-refractivity contribution is 7.85. The van der Waals surface area contributed by atoms with Crippen LogP contribution in [0.25, 0.3) is 0 Å². The van der Waals surface area contributed by atoms with Crippen LogP contribution in [0.3, 0.4) is 0 Å². The van der Waals surface area contributed by atoms with Gasteiger partial charge >= 0.3 is 11.9 Å². The van der Waals surface area contributed by atoms with Crippen molar-refractivity contribution in [3.63, 3.8) is 0 Å². The van der Waals surface area contributed by atoms with Gasteiger partial charge in [-0.1, -0.05) is 108 Å². The molecule has 0 unspecified atom stereocenters. The smallest absolute Gasteiger partial charge is 0.306 e. The molecule has 0 saturated carbocycles. The zero-order valence-corrected chi connectivity index (χ0v) is 37.0. The predicted octanol–water partition coefficient (Wildman–Crippen LogP) is 6.17. The molecule has 3 atom stereocenters. The van der Waals surface area contributed by atoms with Gasteiger partial charge in [-0.15, -0.1) is 0 Å². The van der Waals surface area contributed by atoms with Crippen LogP contribution in [0.15, 0.2) is 24.3 Å². The molecule has 1 aromatic carbocycles. The number of carboxylic acids is 2.